The summed E-state index contributed by atoms with van der Waals surface area (Å²) in [5.74, 6) is -0.307. The molecule has 5 heteroatoms. The second-order valence-electron chi connectivity index (χ2n) is 8.15. The zero-order valence-corrected chi connectivity index (χ0v) is 18.9. The van der Waals surface area contributed by atoms with Gasteiger partial charge in [0.1, 0.15) is 0 Å². The SMILES string of the molecule is CON(C)C(=O)Cc1ccc(Cn2c(-c3ccccc3C)c(F)c3cc(C)ccc32)cc1. The number of benzene rings is 3. The zero-order valence-electron chi connectivity index (χ0n) is 18.9. The van der Waals surface area contributed by atoms with E-state index in [-0.39, 0.29) is 18.1 Å². The molecule has 1 heterocycles. The number of rotatable bonds is 6. The highest BCUT2D eigenvalue weighted by atomic mass is 19.1. The molecule has 0 fully saturated rings. The summed E-state index contributed by atoms with van der Waals surface area (Å²) in [5, 5.41) is 1.85. The summed E-state index contributed by atoms with van der Waals surface area (Å²) < 4.78 is 17.7. The number of hydrogen-bond acceptors (Lipinski definition) is 2. The molecule has 0 saturated heterocycles. The van der Waals surface area contributed by atoms with Crippen LogP contribution in [-0.4, -0.2) is 29.7 Å². The van der Waals surface area contributed by atoms with Crippen molar-refractivity contribution in [3.63, 3.8) is 0 Å². The normalized spacial score (nSPS) is 11.2. The van der Waals surface area contributed by atoms with Gasteiger partial charge in [0.15, 0.2) is 5.82 Å². The summed E-state index contributed by atoms with van der Waals surface area (Å²) >= 11 is 0. The van der Waals surface area contributed by atoms with Crippen molar-refractivity contribution in [2.75, 3.05) is 14.2 Å². The third-order valence-electron chi connectivity index (χ3n) is 5.90. The number of hydroxylamine groups is 2. The molecule has 0 spiro atoms. The largest absolute Gasteiger partial charge is 0.334 e. The molecular formula is C27H27FN2O2. The second kappa shape index (κ2) is 8.97. The lowest BCUT2D eigenvalue weighted by Crippen LogP contribution is -2.26. The molecule has 4 nitrogen and oxygen atoms in total. The molecular weight excluding hydrogens is 403 g/mol. The van der Waals surface area contributed by atoms with Crippen molar-refractivity contribution in [2.24, 2.45) is 0 Å². The van der Waals surface area contributed by atoms with Gasteiger partial charge in [-0.25, -0.2) is 9.45 Å². The van der Waals surface area contributed by atoms with Crippen LogP contribution in [0.15, 0.2) is 66.7 Å². The zero-order chi connectivity index (χ0) is 22.8. The molecule has 0 radical (unpaired) electrons. The molecule has 1 amide bonds. The fourth-order valence-corrected chi connectivity index (χ4v) is 4.03. The van der Waals surface area contributed by atoms with E-state index >= 15 is 4.39 Å². The van der Waals surface area contributed by atoms with Gasteiger partial charge in [0, 0.05) is 24.5 Å². The van der Waals surface area contributed by atoms with E-state index in [0.29, 0.717) is 17.6 Å². The van der Waals surface area contributed by atoms with Gasteiger partial charge in [-0.15, -0.1) is 0 Å². The molecule has 0 aliphatic heterocycles. The van der Waals surface area contributed by atoms with Gasteiger partial charge >= 0.3 is 0 Å². The van der Waals surface area contributed by atoms with E-state index in [1.54, 1.807) is 7.05 Å². The first-order valence-electron chi connectivity index (χ1n) is 10.6. The predicted octanol–water partition coefficient (Wildman–Crippen LogP) is 5.67. The Morgan fingerprint density at radius 2 is 1.69 bits per heavy atom. The van der Waals surface area contributed by atoms with Crippen LogP contribution in [0.5, 0.6) is 0 Å². The first kappa shape index (κ1) is 21.8. The Balaban J connectivity index is 1.74. The Bertz CT molecular complexity index is 1280. The van der Waals surface area contributed by atoms with Crippen LogP contribution in [0.1, 0.15) is 22.3 Å². The molecule has 0 saturated carbocycles. The maximum absolute atomic E-state index is 15.7. The maximum atomic E-state index is 15.7. The minimum absolute atomic E-state index is 0.115. The number of hydrogen-bond donors (Lipinski definition) is 0. The summed E-state index contributed by atoms with van der Waals surface area (Å²) in [5.41, 5.74) is 6.36. The van der Waals surface area contributed by atoms with Gasteiger partial charge in [0.25, 0.3) is 0 Å². The lowest BCUT2D eigenvalue weighted by atomic mass is 10.0. The molecule has 4 rings (SSSR count). The van der Waals surface area contributed by atoms with Crippen molar-refractivity contribution in [1.82, 2.24) is 9.63 Å². The van der Waals surface area contributed by atoms with Crippen molar-refractivity contribution in [3.8, 4) is 11.3 Å². The smallest absolute Gasteiger partial charge is 0.250 e. The minimum atomic E-state index is -0.192. The standard InChI is InChI=1S/C27H27FN2O2/c1-18-9-14-24-23(15-18)26(28)27(22-8-6-5-7-19(22)2)30(24)17-21-12-10-20(11-13-21)16-25(31)29(3)32-4/h5-15H,16-17H2,1-4H3. The third kappa shape index (κ3) is 4.16. The Kier molecular flexibility index (Phi) is 6.10. The number of carbonyl (C=O) groups excluding carboxylic acids is 1. The van der Waals surface area contributed by atoms with Gasteiger partial charge < -0.3 is 4.57 Å². The predicted molar refractivity (Wildman–Crippen MR) is 126 cm³/mol. The molecule has 4 aromatic rings. The van der Waals surface area contributed by atoms with Crippen molar-refractivity contribution in [1.29, 1.82) is 0 Å². The highest BCUT2D eigenvalue weighted by Crippen LogP contribution is 2.35. The summed E-state index contributed by atoms with van der Waals surface area (Å²) in [6.45, 7) is 4.51. The van der Waals surface area contributed by atoms with E-state index in [4.69, 9.17) is 4.84 Å². The first-order valence-corrected chi connectivity index (χ1v) is 10.6. The lowest BCUT2D eigenvalue weighted by molar-refractivity contribution is -0.167. The Hall–Kier alpha value is -3.44. The molecule has 0 bridgehead atoms. The van der Waals surface area contributed by atoms with Crippen molar-refractivity contribution in [3.05, 3.63) is 94.8 Å². The first-order chi connectivity index (χ1) is 15.4. The maximum Gasteiger partial charge on any atom is 0.250 e. The minimum Gasteiger partial charge on any atom is -0.334 e. The molecule has 32 heavy (non-hydrogen) atoms. The lowest BCUT2D eigenvalue weighted by Gasteiger charge is -2.15. The summed E-state index contributed by atoms with van der Waals surface area (Å²) in [6, 6.07) is 21.7. The van der Waals surface area contributed by atoms with E-state index in [0.717, 1.165) is 33.3 Å². The third-order valence-corrected chi connectivity index (χ3v) is 5.90. The van der Waals surface area contributed by atoms with Crippen LogP contribution in [0.25, 0.3) is 22.2 Å². The average Bonchev–Trinajstić information content (AvgIpc) is 3.05. The molecule has 1 aromatic heterocycles. The highest BCUT2D eigenvalue weighted by molar-refractivity contribution is 5.89. The number of halogens is 1. The monoisotopic (exact) mass is 430 g/mol. The van der Waals surface area contributed by atoms with Crippen LogP contribution in [-0.2, 0) is 22.6 Å². The summed E-state index contributed by atoms with van der Waals surface area (Å²) in [4.78, 5) is 17.0. The summed E-state index contributed by atoms with van der Waals surface area (Å²) in [6.07, 6.45) is 0.263. The van der Waals surface area contributed by atoms with E-state index in [9.17, 15) is 4.79 Å². The molecule has 0 atom stereocenters. The van der Waals surface area contributed by atoms with Crippen molar-refractivity contribution >= 4 is 16.8 Å². The number of aromatic nitrogens is 1. The highest BCUT2D eigenvalue weighted by Gasteiger charge is 2.20. The van der Waals surface area contributed by atoms with Gasteiger partial charge in [0.2, 0.25) is 5.91 Å². The molecule has 0 aliphatic rings. The number of likely N-dealkylation sites (N-methyl/N-ethyl adjacent to an activating group) is 1. The number of aryl methyl sites for hydroxylation is 2. The fourth-order valence-electron chi connectivity index (χ4n) is 4.03. The second-order valence-corrected chi connectivity index (χ2v) is 8.15. The molecule has 0 N–H and O–H groups in total. The van der Waals surface area contributed by atoms with Crippen LogP contribution < -0.4 is 0 Å². The van der Waals surface area contributed by atoms with E-state index in [1.165, 1.54) is 12.2 Å². The molecule has 0 aliphatic carbocycles. The number of nitrogens with zero attached hydrogens (tertiary/aromatic N) is 2. The number of amides is 1. The van der Waals surface area contributed by atoms with Crippen LogP contribution in [0.4, 0.5) is 4.39 Å². The molecule has 3 aromatic carbocycles. The fraction of sp³-hybridized carbons (Fsp3) is 0.222. The summed E-state index contributed by atoms with van der Waals surface area (Å²) in [7, 11) is 3.06. The van der Waals surface area contributed by atoms with Gasteiger partial charge in [-0.3, -0.25) is 9.63 Å². The quantitative estimate of drug-likeness (QED) is 0.369. The van der Waals surface area contributed by atoms with Crippen LogP contribution in [0, 0.1) is 19.7 Å². The van der Waals surface area contributed by atoms with Crippen molar-refractivity contribution in [2.45, 2.75) is 26.8 Å². The molecule has 164 valence electrons. The topological polar surface area (TPSA) is 34.5 Å². The Labute approximate surface area is 187 Å². The van der Waals surface area contributed by atoms with Crippen LogP contribution >= 0.6 is 0 Å². The Morgan fingerprint density at radius 1 is 1.00 bits per heavy atom. The van der Waals surface area contributed by atoms with Crippen LogP contribution in [0.2, 0.25) is 0 Å². The van der Waals surface area contributed by atoms with E-state index < -0.39 is 0 Å². The number of fused-ring (bicyclic) bond motifs is 1. The van der Waals surface area contributed by atoms with Gasteiger partial charge in [0.05, 0.1) is 24.7 Å². The van der Waals surface area contributed by atoms with E-state index in [1.807, 2.05) is 85.1 Å². The Morgan fingerprint density at radius 3 is 2.38 bits per heavy atom. The molecule has 0 unspecified atom stereocenters. The van der Waals surface area contributed by atoms with Gasteiger partial charge in [-0.1, -0.05) is 60.2 Å². The van der Waals surface area contributed by atoms with Gasteiger partial charge in [-0.05, 0) is 42.7 Å². The average molecular weight is 431 g/mol. The van der Waals surface area contributed by atoms with Crippen LogP contribution in [0.3, 0.4) is 0 Å². The van der Waals surface area contributed by atoms with Crippen molar-refractivity contribution < 1.29 is 14.0 Å². The van der Waals surface area contributed by atoms with E-state index in [2.05, 4.69) is 0 Å². The van der Waals surface area contributed by atoms with Gasteiger partial charge in [-0.2, -0.15) is 0 Å². The number of carbonyl (C=O) groups is 1.